The number of anilines is 1. The number of carbonyl (C=O) groups is 2. The number of rotatable bonds is 9. The Morgan fingerprint density at radius 2 is 1.92 bits per heavy atom. The van der Waals surface area contributed by atoms with E-state index in [9.17, 15) is 14.7 Å². The van der Waals surface area contributed by atoms with Gasteiger partial charge in [-0.3, -0.25) is 19.5 Å². The number of hydrogen-bond acceptors (Lipinski definition) is 7. The van der Waals surface area contributed by atoms with Gasteiger partial charge in [0.2, 0.25) is 0 Å². The van der Waals surface area contributed by atoms with Crippen LogP contribution in [0.2, 0.25) is 0 Å². The van der Waals surface area contributed by atoms with Crippen molar-refractivity contribution in [2.24, 2.45) is 5.92 Å². The summed E-state index contributed by atoms with van der Waals surface area (Å²) in [4.78, 5) is 34.2. The molecule has 2 N–H and O–H groups in total. The van der Waals surface area contributed by atoms with Gasteiger partial charge in [-0.1, -0.05) is 19.1 Å². The van der Waals surface area contributed by atoms with Crippen molar-refractivity contribution in [3.05, 3.63) is 83.7 Å². The van der Waals surface area contributed by atoms with E-state index in [2.05, 4.69) is 22.1 Å². The molecule has 0 saturated carbocycles. The van der Waals surface area contributed by atoms with E-state index in [1.54, 1.807) is 54.7 Å². The highest BCUT2D eigenvalue weighted by Gasteiger charge is 2.33. The molecule has 3 atom stereocenters. The predicted molar refractivity (Wildman–Crippen MR) is 149 cm³/mol. The molecule has 3 aromatic rings. The van der Waals surface area contributed by atoms with E-state index in [0.29, 0.717) is 35.7 Å². The molecule has 2 heterocycles. The topological polar surface area (TPSA) is 104 Å². The van der Waals surface area contributed by atoms with E-state index in [1.807, 2.05) is 38.2 Å². The van der Waals surface area contributed by atoms with Crippen LogP contribution in [0, 0.1) is 5.92 Å². The van der Waals surface area contributed by atoms with Gasteiger partial charge in [-0.25, -0.2) is 0 Å². The molecule has 9 nitrogen and oxygen atoms in total. The molecule has 206 valence electrons. The molecule has 2 aromatic carbocycles. The van der Waals surface area contributed by atoms with Gasteiger partial charge in [0.15, 0.2) is 0 Å². The molecule has 0 unspecified atom stereocenters. The van der Waals surface area contributed by atoms with Crippen LogP contribution < -0.4 is 14.8 Å². The monoisotopic (exact) mass is 532 g/mol. The molecule has 0 saturated heterocycles. The van der Waals surface area contributed by atoms with Crippen molar-refractivity contribution in [1.29, 1.82) is 0 Å². The number of aromatic nitrogens is 1. The van der Waals surface area contributed by atoms with Gasteiger partial charge in [0.25, 0.3) is 11.8 Å². The SMILES string of the molecule is COc1ccc(CN(C)C[C@@H]2Oc3ccc(NC(=O)c4ccncc4)cc3C(=O)N([C@H](C)CO)C[C@H]2C)cc1. The number of benzene rings is 2. The van der Waals surface area contributed by atoms with Gasteiger partial charge in [0.05, 0.1) is 25.3 Å². The van der Waals surface area contributed by atoms with E-state index >= 15 is 0 Å². The van der Waals surface area contributed by atoms with Gasteiger partial charge < -0.3 is 24.8 Å². The van der Waals surface area contributed by atoms with Gasteiger partial charge in [0.1, 0.15) is 17.6 Å². The minimum atomic E-state index is -0.376. The molecule has 1 aliphatic rings. The molecule has 9 heteroatoms. The lowest BCUT2D eigenvalue weighted by Gasteiger charge is -2.38. The summed E-state index contributed by atoms with van der Waals surface area (Å²) >= 11 is 0. The standard InChI is InChI=1S/C30H36N4O5/c1-20-16-34(21(2)19-35)30(37)26-15-24(32-29(36)23-11-13-31-14-12-23)7-10-27(26)39-28(20)18-33(3)17-22-5-8-25(38-4)9-6-22/h5-15,20-21,28,35H,16-19H2,1-4H3,(H,32,36)/t20-,21-,28+/m1/s1. The number of likely N-dealkylation sites (N-methyl/N-ethyl adjacent to an activating group) is 1. The molecular weight excluding hydrogens is 496 g/mol. The molecular formula is C30H36N4O5. The van der Waals surface area contributed by atoms with Crippen LogP contribution in [-0.4, -0.2) is 77.7 Å². The number of nitrogens with one attached hydrogen (secondary N) is 1. The summed E-state index contributed by atoms with van der Waals surface area (Å²) in [5.74, 6) is 0.716. The number of aliphatic hydroxyl groups is 1. The van der Waals surface area contributed by atoms with Crippen molar-refractivity contribution in [3.63, 3.8) is 0 Å². The van der Waals surface area contributed by atoms with Crippen LogP contribution in [0.1, 0.15) is 40.1 Å². The normalized spacial score (nSPS) is 18.0. The van der Waals surface area contributed by atoms with Crippen molar-refractivity contribution in [3.8, 4) is 11.5 Å². The first-order valence-electron chi connectivity index (χ1n) is 13.0. The van der Waals surface area contributed by atoms with Crippen LogP contribution in [0.15, 0.2) is 67.0 Å². The molecule has 0 spiro atoms. The first-order valence-corrected chi connectivity index (χ1v) is 13.0. The third kappa shape index (κ3) is 6.93. The summed E-state index contributed by atoms with van der Waals surface area (Å²) in [5, 5.41) is 12.8. The zero-order valence-electron chi connectivity index (χ0n) is 22.8. The Hall–Kier alpha value is -3.95. The summed E-state index contributed by atoms with van der Waals surface area (Å²) in [7, 11) is 3.69. The van der Waals surface area contributed by atoms with Crippen LogP contribution in [0.5, 0.6) is 11.5 Å². The van der Waals surface area contributed by atoms with E-state index in [-0.39, 0.29) is 36.5 Å². The van der Waals surface area contributed by atoms with Crippen LogP contribution >= 0.6 is 0 Å². The minimum absolute atomic E-state index is 0.000451. The second kappa shape index (κ2) is 12.7. The third-order valence-electron chi connectivity index (χ3n) is 6.97. The average molecular weight is 533 g/mol. The first-order chi connectivity index (χ1) is 18.8. The van der Waals surface area contributed by atoms with Gasteiger partial charge in [-0.05, 0) is 62.0 Å². The number of ether oxygens (including phenoxy) is 2. The molecule has 4 rings (SSSR count). The van der Waals surface area contributed by atoms with Crippen LogP contribution in [-0.2, 0) is 6.54 Å². The maximum atomic E-state index is 13.7. The second-order valence-corrected chi connectivity index (χ2v) is 10.1. The number of amides is 2. The minimum Gasteiger partial charge on any atom is -0.497 e. The van der Waals surface area contributed by atoms with Gasteiger partial charge in [-0.2, -0.15) is 0 Å². The lowest BCUT2D eigenvalue weighted by Crippen LogP contribution is -2.49. The predicted octanol–water partition coefficient (Wildman–Crippen LogP) is 3.69. The number of pyridine rings is 1. The molecule has 2 amide bonds. The smallest absolute Gasteiger partial charge is 0.258 e. The largest absolute Gasteiger partial charge is 0.497 e. The van der Waals surface area contributed by atoms with E-state index in [0.717, 1.165) is 17.9 Å². The van der Waals surface area contributed by atoms with Gasteiger partial charge in [-0.15, -0.1) is 0 Å². The summed E-state index contributed by atoms with van der Waals surface area (Å²) in [5.41, 5.74) is 2.43. The first kappa shape index (κ1) is 28.1. The average Bonchev–Trinajstić information content (AvgIpc) is 2.95. The van der Waals surface area contributed by atoms with Crippen molar-refractivity contribution in [2.75, 3.05) is 39.2 Å². The lowest BCUT2D eigenvalue weighted by molar-refractivity contribution is 0.0341. The number of aliphatic hydroxyl groups excluding tert-OH is 1. The van der Waals surface area contributed by atoms with Gasteiger partial charge >= 0.3 is 0 Å². The van der Waals surface area contributed by atoms with Crippen molar-refractivity contribution < 1.29 is 24.2 Å². The second-order valence-electron chi connectivity index (χ2n) is 10.1. The highest BCUT2D eigenvalue weighted by molar-refractivity contribution is 6.05. The third-order valence-corrected chi connectivity index (χ3v) is 6.97. The molecule has 0 fully saturated rings. The highest BCUT2D eigenvalue weighted by atomic mass is 16.5. The maximum Gasteiger partial charge on any atom is 0.258 e. The summed E-state index contributed by atoms with van der Waals surface area (Å²) in [6.45, 7) is 5.50. The number of hydrogen-bond donors (Lipinski definition) is 2. The van der Waals surface area contributed by atoms with Gasteiger partial charge in [0, 0.05) is 49.2 Å². The van der Waals surface area contributed by atoms with Crippen LogP contribution in [0.25, 0.3) is 0 Å². The van der Waals surface area contributed by atoms with Crippen molar-refractivity contribution in [2.45, 2.75) is 32.5 Å². The molecule has 39 heavy (non-hydrogen) atoms. The number of carbonyl (C=O) groups excluding carboxylic acids is 2. The van der Waals surface area contributed by atoms with E-state index < -0.39 is 0 Å². The zero-order chi connectivity index (χ0) is 27.9. The Morgan fingerprint density at radius 1 is 1.21 bits per heavy atom. The fourth-order valence-corrected chi connectivity index (χ4v) is 4.64. The Kier molecular flexibility index (Phi) is 9.16. The van der Waals surface area contributed by atoms with Crippen molar-refractivity contribution >= 4 is 17.5 Å². The number of methoxy groups -OCH3 is 1. The fourth-order valence-electron chi connectivity index (χ4n) is 4.64. The number of fused-ring (bicyclic) bond motifs is 1. The molecule has 0 aliphatic carbocycles. The molecule has 0 radical (unpaired) electrons. The molecule has 1 aliphatic heterocycles. The molecule has 0 bridgehead atoms. The van der Waals surface area contributed by atoms with E-state index in [4.69, 9.17) is 9.47 Å². The summed E-state index contributed by atoms with van der Waals surface area (Å²) in [6, 6.07) is 15.9. The Balaban J connectivity index is 1.58. The zero-order valence-corrected chi connectivity index (χ0v) is 22.8. The quantitative estimate of drug-likeness (QED) is 0.433. The van der Waals surface area contributed by atoms with Crippen LogP contribution in [0.3, 0.4) is 0 Å². The highest BCUT2D eigenvalue weighted by Crippen LogP contribution is 2.31. The number of nitrogens with zero attached hydrogens (tertiary/aromatic N) is 3. The van der Waals surface area contributed by atoms with Crippen LogP contribution in [0.4, 0.5) is 5.69 Å². The Labute approximate surface area is 229 Å². The van der Waals surface area contributed by atoms with Crippen molar-refractivity contribution in [1.82, 2.24) is 14.8 Å². The summed E-state index contributed by atoms with van der Waals surface area (Å²) in [6.07, 6.45) is 2.88. The Morgan fingerprint density at radius 3 is 2.59 bits per heavy atom. The van der Waals surface area contributed by atoms with E-state index in [1.165, 1.54) is 0 Å². The Bertz CT molecular complexity index is 1270. The molecule has 1 aromatic heterocycles. The fraction of sp³-hybridized carbons (Fsp3) is 0.367. The maximum absolute atomic E-state index is 13.7. The summed E-state index contributed by atoms with van der Waals surface area (Å²) < 4.78 is 11.7. The lowest BCUT2D eigenvalue weighted by atomic mass is 9.99.